The second kappa shape index (κ2) is 5.42. The van der Waals surface area contributed by atoms with Crippen LogP contribution in [-0.2, 0) is 16.6 Å². The molecule has 1 saturated carbocycles. The highest BCUT2D eigenvalue weighted by atomic mass is 32.2. The average molecular weight is 346 g/mol. The number of aromatic nitrogens is 2. The number of carbonyl (C=O) groups is 1. The topological polar surface area (TPSA) is 84.3 Å². The molecule has 0 bridgehead atoms. The summed E-state index contributed by atoms with van der Waals surface area (Å²) in [6.07, 6.45) is 3.82. The molecule has 7 nitrogen and oxygen atoms in total. The number of nitrogens with one attached hydrogen (secondary N) is 1. The molecule has 1 N–H and O–H groups in total. The van der Waals surface area contributed by atoms with Crippen LogP contribution in [0.15, 0.2) is 35.5 Å². The minimum atomic E-state index is -3.60. The maximum absolute atomic E-state index is 12.7. The number of imidazole rings is 1. The van der Waals surface area contributed by atoms with E-state index in [0.717, 1.165) is 12.8 Å². The van der Waals surface area contributed by atoms with Gasteiger partial charge >= 0.3 is 0 Å². The third-order valence-electron chi connectivity index (χ3n) is 4.52. The number of amides is 1. The van der Waals surface area contributed by atoms with Crippen molar-refractivity contribution >= 4 is 15.9 Å². The van der Waals surface area contributed by atoms with Gasteiger partial charge in [0.05, 0.1) is 17.9 Å². The van der Waals surface area contributed by atoms with Crippen LogP contribution in [-0.4, -0.2) is 41.8 Å². The van der Waals surface area contributed by atoms with E-state index in [4.69, 9.17) is 0 Å². The summed E-state index contributed by atoms with van der Waals surface area (Å²) >= 11 is 0. The van der Waals surface area contributed by atoms with Gasteiger partial charge in [-0.3, -0.25) is 9.36 Å². The van der Waals surface area contributed by atoms with E-state index in [1.165, 1.54) is 17.7 Å². The van der Waals surface area contributed by atoms with Crippen molar-refractivity contribution in [1.82, 2.24) is 19.2 Å². The number of nitrogens with zero attached hydrogens (tertiary/aromatic N) is 3. The van der Waals surface area contributed by atoms with Crippen LogP contribution in [0.2, 0.25) is 0 Å². The van der Waals surface area contributed by atoms with Crippen molar-refractivity contribution in [2.45, 2.75) is 24.3 Å². The summed E-state index contributed by atoms with van der Waals surface area (Å²) in [5.41, 5.74) is 1.39. The molecule has 2 heterocycles. The molecule has 126 valence electrons. The molecule has 4 rings (SSSR count). The van der Waals surface area contributed by atoms with E-state index in [1.54, 1.807) is 28.8 Å². The van der Waals surface area contributed by atoms with Gasteiger partial charge in [-0.25, -0.2) is 13.4 Å². The van der Waals surface area contributed by atoms with Gasteiger partial charge in [-0.05, 0) is 30.9 Å². The van der Waals surface area contributed by atoms with E-state index in [1.807, 2.05) is 0 Å². The summed E-state index contributed by atoms with van der Waals surface area (Å²) in [6.45, 7) is 0.749. The predicted molar refractivity (Wildman–Crippen MR) is 87.3 cm³/mol. The first-order valence-corrected chi connectivity index (χ1v) is 9.32. The van der Waals surface area contributed by atoms with Crippen LogP contribution in [0.4, 0.5) is 0 Å². The standard InChI is InChI=1S/C16H18N4O3S/c1-19-9-13-15(16(21)17-8-11-6-7-11)18-10-20(13)12-4-2-3-5-14(12)24(19,22)23/h2-5,10-11H,6-9H2,1H3,(H,17,21). The van der Waals surface area contributed by atoms with Gasteiger partial charge in [0.25, 0.3) is 5.91 Å². The van der Waals surface area contributed by atoms with Crippen LogP contribution in [0.25, 0.3) is 5.69 Å². The fourth-order valence-electron chi connectivity index (χ4n) is 2.90. The number of carbonyl (C=O) groups excluding carboxylic acids is 1. The van der Waals surface area contributed by atoms with Gasteiger partial charge in [0.2, 0.25) is 10.0 Å². The first-order valence-electron chi connectivity index (χ1n) is 7.88. The molecule has 0 spiro atoms. The number of hydrogen-bond donors (Lipinski definition) is 1. The Morgan fingerprint density at radius 3 is 2.83 bits per heavy atom. The van der Waals surface area contributed by atoms with Crippen molar-refractivity contribution in [2.75, 3.05) is 13.6 Å². The normalized spacial score (nSPS) is 19.2. The highest BCUT2D eigenvalue weighted by Crippen LogP contribution is 2.30. The van der Waals surface area contributed by atoms with Crippen molar-refractivity contribution in [1.29, 1.82) is 0 Å². The van der Waals surface area contributed by atoms with Crippen LogP contribution in [0.1, 0.15) is 29.0 Å². The Hall–Kier alpha value is -2.19. The van der Waals surface area contributed by atoms with E-state index < -0.39 is 10.0 Å². The zero-order valence-electron chi connectivity index (χ0n) is 13.3. The lowest BCUT2D eigenvalue weighted by atomic mass is 10.2. The number of sulfonamides is 1. The second-order valence-corrected chi connectivity index (χ2v) is 8.31. The quantitative estimate of drug-likeness (QED) is 0.903. The molecule has 24 heavy (non-hydrogen) atoms. The molecule has 0 atom stereocenters. The van der Waals surface area contributed by atoms with Gasteiger partial charge in [-0.15, -0.1) is 0 Å². The minimum absolute atomic E-state index is 0.100. The molecular formula is C16H18N4O3S. The molecule has 0 unspecified atom stereocenters. The number of benzene rings is 1. The lowest BCUT2D eigenvalue weighted by Crippen LogP contribution is -2.29. The Kier molecular flexibility index (Phi) is 3.47. The van der Waals surface area contributed by atoms with Crippen molar-refractivity contribution in [2.24, 2.45) is 5.92 Å². The van der Waals surface area contributed by atoms with Gasteiger partial charge in [0.1, 0.15) is 11.2 Å². The zero-order valence-corrected chi connectivity index (χ0v) is 14.1. The average Bonchev–Trinajstić information content (AvgIpc) is 3.32. The minimum Gasteiger partial charge on any atom is -0.350 e. The molecule has 8 heteroatoms. The molecule has 2 aliphatic rings. The fourth-order valence-corrected chi connectivity index (χ4v) is 4.21. The third-order valence-corrected chi connectivity index (χ3v) is 6.37. The molecule has 1 fully saturated rings. The van der Waals surface area contributed by atoms with Crippen LogP contribution in [0.3, 0.4) is 0 Å². The number of para-hydroxylation sites is 1. The van der Waals surface area contributed by atoms with Crippen LogP contribution < -0.4 is 5.32 Å². The Bertz CT molecular complexity index is 915. The molecule has 1 amide bonds. The van der Waals surface area contributed by atoms with Gasteiger partial charge in [0.15, 0.2) is 5.69 Å². The molecule has 1 aliphatic carbocycles. The van der Waals surface area contributed by atoms with Crippen molar-refractivity contribution in [3.05, 3.63) is 42.0 Å². The molecule has 0 radical (unpaired) electrons. The lowest BCUT2D eigenvalue weighted by molar-refractivity contribution is 0.0945. The largest absolute Gasteiger partial charge is 0.350 e. The molecule has 2 aromatic rings. The van der Waals surface area contributed by atoms with E-state index in [0.29, 0.717) is 23.8 Å². The molecule has 1 aromatic heterocycles. The van der Waals surface area contributed by atoms with Crippen LogP contribution in [0, 0.1) is 5.92 Å². The highest BCUT2D eigenvalue weighted by Gasteiger charge is 2.33. The van der Waals surface area contributed by atoms with Gasteiger partial charge in [-0.2, -0.15) is 4.31 Å². The lowest BCUT2D eigenvalue weighted by Gasteiger charge is -2.14. The Labute approximate surface area is 140 Å². The van der Waals surface area contributed by atoms with Crippen molar-refractivity contribution in [3.63, 3.8) is 0 Å². The van der Waals surface area contributed by atoms with E-state index >= 15 is 0 Å². The third kappa shape index (κ3) is 2.42. The number of fused-ring (bicyclic) bond motifs is 3. The fraction of sp³-hybridized carbons (Fsp3) is 0.375. The van der Waals surface area contributed by atoms with Gasteiger partial charge in [0, 0.05) is 13.6 Å². The van der Waals surface area contributed by atoms with Crippen LogP contribution >= 0.6 is 0 Å². The summed E-state index contributed by atoms with van der Waals surface area (Å²) in [4.78, 5) is 16.9. The molecule has 1 aromatic carbocycles. The highest BCUT2D eigenvalue weighted by molar-refractivity contribution is 7.89. The second-order valence-electron chi connectivity index (χ2n) is 6.29. The first kappa shape index (κ1) is 15.3. The molecular weight excluding hydrogens is 328 g/mol. The summed E-state index contributed by atoms with van der Waals surface area (Å²) in [5, 5.41) is 2.89. The number of hydrogen-bond acceptors (Lipinski definition) is 4. The smallest absolute Gasteiger partial charge is 0.271 e. The molecule has 0 saturated heterocycles. The monoisotopic (exact) mass is 346 g/mol. The van der Waals surface area contributed by atoms with Crippen LogP contribution in [0.5, 0.6) is 0 Å². The van der Waals surface area contributed by atoms with E-state index in [9.17, 15) is 13.2 Å². The maximum atomic E-state index is 12.7. The summed E-state index contributed by atoms with van der Waals surface area (Å²) in [7, 11) is -2.09. The van der Waals surface area contributed by atoms with Crippen molar-refractivity contribution in [3.8, 4) is 5.69 Å². The van der Waals surface area contributed by atoms with Gasteiger partial charge in [-0.1, -0.05) is 12.1 Å². The van der Waals surface area contributed by atoms with E-state index in [2.05, 4.69) is 10.3 Å². The summed E-state index contributed by atoms with van der Waals surface area (Å²) < 4.78 is 28.3. The Balaban J connectivity index is 1.79. The first-order chi connectivity index (χ1) is 11.5. The maximum Gasteiger partial charge on any atom is 0.271 e. The summed E-state index contributed by atoms with van der Waals surface area (Å²) in [6, 6.07) is 6.76. The number of rotatable bonds is 3. The SMILES string of the molecule is CN1Cc2c(C(=O)NCC3CC3)ncn2-c2ccccc2S1(=O)=O. The van der Waals surface area contributed by atoms with E-state index in [-0.39, 0.29) is 23.0 Å². The zero-order chi connectivity index (χ0) is 16.9. The predicted octanol–water partition coefficient (Wildman–Crippen LogP) is 1.15. The molecule has 1 aliphatic heterocycles. The van der Waals surface area contributed by atoms with Gasteiger partial charge < -0.3 is 5.32 Å². The Morgan fingerprint density at radius 2 is 2.08 bits per heavy atom. The Morgan fingerprint density at radius 1 is 1.33 bits per heavy atom. The van der Waals surface area contributed by atoms with Crippen molar-refractivity contribution < 1.29 is 13.2 Å². The summed E-state index contributed by atoms with van der Waals surface area (Å²) in [5.74, 6) is 0.319.